The number of nitrogens with one attached hydrogen (secondary N) is 2. The van der Waals surface area contributed by atoms with Crippen molar-refractivity contribution in [3.8, 4) is 5.75 Å². The zero-order valence-corrected chi connectivity index (χ0v) is 15.3. The van der Waals surface area contributed by atoms with Gasteiger partial charge in [-0.2, -0.15) is 0 Å². The second-order valence-corrected chi connectivity index (χ2v) is 6.60. The van der Waals surface area contributed by atoms with Crippen LogP contribution >= 0.6 is 0 Å². The highest BCUT2D eigenvalue weighted by molar-refractivity contribution is 5.45. The van der Waals surface area contributed by atoms with Crippen molar-refractivity contribution in [1.82, 2.24) is 10.6 Å². The fraction of sp³-hybridized carbons (Fsp3) is 0.667. The monoisotopic (exact) mass is 350 g/mol. The van der Waals surface area contributed by atoms with Gasteiger partial charge in [0, 0.05) is 13.1 Å². The van der Waals surface area contributed by atoms with E-state index in [2.05, 4.69) is 24.5 Å². The minimum Gasteiger partial charge on any atom is -0.508 e. The van der Waals surface area contributed by atoms with E-state index in [1.54, 1.807) is 6.07 Å². The molecular formula is C21H38N2O2. The van der Waals surface area contributed by atoms with Crippen LogP contribution < -0.4 is 10.6 Å². The van der Waals surface area contributed by atoms with Crippen molar-refractivity contribution in [2.75, 3.05) is 13.1 Å². The number of aromatic hydroxyl groups is 1. The number of hydrogen-bond acceptors (Lipinski definition) is 3. The Hall–Kier alpha value is -1.55. The van der Waals surface area contributed by atoms with Gasteiger partial charge in [-0.3, -0.25) is 4.79 Å². The molecule has 1 heterocycles. The molecule has 144 valence electrons. The maximum absolute atomic E-state index is 9.87. The van der Waals surface area contributed by atoms with E-state index in [-0.39, 0.29) is 7.43 Å². The van der Waals surface area contributed by atoms with Crippen molar-refractivity contribution >= 4 is 6.41 Å². The van der Waals surface area contributed by atoms with E-state index < -0.39 is 0 Å². The molecule has 3 rings (SSSR count). The normalized spacial score (nSPS) is 15.4. The Morgan fingerprint density at radius 3 is 2.56 bits per heavy atom. The number of carbonyl (C=O) groups is 1. The molecule has 0 saturated heterocycles. The quantitative estimate of drug-likeness (QED) is 0.557. The smallest absolute Gasteiger partial charge is 0.207 e. The van der Waals surface area contributed by atoms with Gasteiger partial charge in [0.2, 0.25) is 6.41 Å². The van der Waals surface area contributed by atoms with Crippen molar-refractivity contribution < 1.29 is 9.90 Å². The van der Waals surface area contributed by atoms with Crippen LogP contribution in [0.1, 0.15) is 70.9 Å². The van der Waals surface area contributed by atoms with Crippen LogP contribution in [-0.4, -0.2) is 24.6 Å². The third kappa shape index (κ3) is 10.1. The zero-order chi connectivity index (χ0) is 17.6. The number of phenols is 1. The summed E-state index contributed by atoms with van der Waals surface area (Å²) < 4.78 is 0. The van der Waals surface area contributed by atoms with Gasteiger partial charge in [-0.15, -0.1) is 0 Å². The van der Waals surface area contributed by atoms with E-state index in [1.165, 1.54) is 49.7 Å². The van der Waals surface area contributed by atoms with E-state index in [0.29, 0.717) is 5.75 Å². The van der Waals surface area contributed by atoms with Crippen LogP contribution in [0.2, 0.25) is 0 Å². The molecule has 25 heavy (non-hydrogen) atoms. The Balaban J connectivity index is 0.000000388. The Morgan fingerprint density at radius 2 is 1.92 bits per heavy atom. The lowest BCUT2D eigenvalue weighted by atomic mass is 10.0. The molecule has 1 aromatic carbocycles. The first kappa shape index (κ1) is 23.4. The molecule has 0 bridgehead atoms. The molecule has 2 aliphatic rings. The molecule has 1 aromatic rings. The highest BCUT2D eigenvalue weighted by Gasteiger charge is 2.13. The second kappa shape index (κ2) is 14.8. The Labute approximate surface area is 154 Å². The number of hydrogen-bond donors (Lipinski definition) is 3. The van der Waals surface area contributed by atoms with Gasteiger partial charge in [0.05, 0.1) is 0 Å². The van der Waals surface area contributed by atoms with Gasteiger partial charge in [0.15, 0.2) is 0 Å². The average Bonchev–Trinajstić information content (AvgIpc) is 3.10. The Kier molecular flexibility index (Phi) is 13.8. The number of phenolic OH excluding ortho intramolecular Hbond substituents is 1. The van der Waals surface area contributed by atoms with Crippen LogP contribution in [0, 0.1) is 5.92 Å². The van der Waals surface area contributed by atoms with E-state index >= 15 is 0 Å². The molecule has 1 fully saturated rings. The van der Waals surface area contributed by atoms with E-state index in [1.807, 2.05) is 12.1 Å². The van der Waals surface area contributed by atoms with Crippen LogP contribution in [0.3, 0.4) is 0 Å². The van der Waals surface area contributed by atoms with E-state index in [0.717, 1.165) is 38.4 Å². The minimum absolute atomic E-state index is 0. The topological polar surface area (TPSA) is 61.4 Å². The minimum atomic E-state index is 0. The lowest BCUT2D eigenvalue weighted by molar-refractivity contribution is -0.109. The summed E-state index contributed by atoms with van der Waals surface area (Å²) in [6.45, 7) is 7.07. The molecule has 4 heteroatoms. The van der Waals surface area contributed by atoms with Gasteiger partial charge in [-0.05, 0) is 48.6 Å². The number of rotatable bonds is 4. The van der Waals surface area contributed by atoms with Gasteiger partial charge in [-0.25, -0.2) is 0 Å². The summed E-state index contributed by atoms with van der Waals surface area (Å²) in [4.78, 5) is 9.87. The Bertz CT molecular complexity index is 457. The Morgan fingerprint density at radius 1 is 1.24 bits per heavy atom. The molecule has 1 aliphatic carbocycles. The summed E-state index contributed by atoms with van der Waals surface area (Å²) in [5.41, 5.74) is 2.60. The summed E-state index contributed by atoms with van der Waals surface area (Å²) in [5, 5.41) is 15.1. The fourth-order valence-electron chi connectivity index (χ4n) is 3.11. The third-order valence-electron chi connectivity index (χ3n) is 4.33. The first-order valence-corrected chi connectivity index (χ1v) is 9.39. The molecular weight excluding hydrogens is 312 g/mol. The summed E-state index contributed by atoms with van der Waals surface area (Å²) in [5.74, 6) is 1.26. The zero-order valence-electron chi connectivity index (χ0n) is 15.3. The number of benzene rings is 1. The first-order chi connectivity index (χ1) is 11.7. The first-order valence-electron chi connectivity index (χ1n) is 9.39. The lowest BCUT2D eigenvalue weighted by Crippen LogP contribution is -2.23. The highest BCUT2D eigenvalue weighted by Crippen LogP contribution is 2.26. The largest absolute Gasteiger partial charge is 0.508 e. The predicted octanol–water partition coefficient (Wildman–Crippen LogP) is 4.40. The molecule has 0 aromatic heterocycles. The van der Waals surface area contributed by atoms with Gasteiger partial charge >= 0.3 is 0 Å². The molecule has 0 atom stereocenters. The third-order valence-corrected chi connectivity index (χ3v) is 4.33. The van der Waals surface area contributed by atoms with E-state index in [9.17, 15) is 4.79 Å². The van der Waals surface area contributed by atoms with Crippen LogP contribution in [0.15, 0.2) is 18.2 Å². The van der Waals surface area contributed by atoms with E-state index in [4.69, 9.17) is 5.11 Å². The fourth-order valence-corrected chi connectivity index (χ4v) is 3.11. The SMILES string of the molecule is C.CCC.O=CNCCC1CCCC1.Oc1ccc2c(c1)CNCC2. The van der Waals surface area contributed by atoms with Crippen molar-refractivity contribution in [3.63, 3.8) is 0 Å². The maximum atomic E-state index is 9.87. The van der Waals surface area contributed by atoms with Crippen molar-refractivity contribution in [1.29, 1.82) is 0 Å². The van der Waals surface area contributed by atoms with Crippen LogP contribution in [0.25, 0.3) is 0 Å². The van der Waals surface area contributed by atoms with Gasteiger partial charge in [0.25, 0.3) is 0 Å². The molecule has 3 N–H and O–H groups in total. The summed E-state index contributed by atoms with van der Waals surface area (Å²) in [6, 6.07) is 5.59. The van der Waals surface area contributed by atoms with Crippen LogP contribution in [0.5, 0.6) is 5.75 Å². The molecule has 4 nitrogen and oxygen atoms in total. The molecule has 0 radical (unpaired) electrons. The predicted molar refractivity (Wildman–Crippen MR) is 107 cm³/mol. The molecule has 1 aliphatic heterocycles. The van der Waals surface area contributed by atoms with Gasteiger partial charge < -0.3 is 15.7 Å². The summed E-state index contributed by atoms with van der Waals surface area (Å²) in [7, 11) is 0. The highest BCUT2D eigenvalue weighted by atomic mass is 16.3. The number of amides is 1. The molecule has 1 amide bonds. The summed E-state index contributed by atoms with van der Waals surface area (Å²) >= 11 is 0. The molecule has 0 unspecified atom stereocenters. The van der Waals surface area contributed by atoms with Crippen molar-refractivity contribution in [2.24, 2.45) is 5.92 Å². The maximum Gasteiger partial charge on any atom is 0.207 e. The van der Waals surface area contributed by atoms with Crippen LogP contribution in [0.4, 0.5) is 0 Å². The number of carbonyl (C=O) groups excluding carboxylic acids is 1. The van der Waals surface area contributed by atoms with Crippen LogP contribution in [-0.2, 0) is 17.8 Å². The van der Waals surface area contributed by atoms with Gasteiger partial charge in [-0.1, -0.05) is 59.4 Å². The average molecular weight is 351 g/mol. The lowest BCUT2D eigenvalue weighted by Gasteiger charge is -2.16. The molecule has 1 saturated carbocycles. The second-order valence-electron chi connectivity index (χ2n) is 6.60. The standard InChI is InChI=1S/C9H11NO.C8H15NO.C3H8.CH4/c11-9-2-1-7-3-4-10-6-8(7)5-9;10-7-9-6-5-8-3-1-2-4-8;1-3-2;/h1-2,5,10-11H,3-4,6H2;7-8H,1-6H2,(H,9,10);3H2,1-2H3;1H4. The summed E-state index contributed by atoms with van der Waals surface area (Å²) in [6.07, 6.45) is 9.84. The number of fused-ring (bicyclic) bond motifs is 1. The molecule has 0 spiro atoms. The van der Waals surface area contributed by atoms with Crippen molar-refractivity contribution in [3.05, 3.63) is 29.3 Å². The van der Waals surface area contributed by atoms with Crippen molar-refractivity contribution in [2.45, 2.75) is 72.8 Å². The van der Waals surface area contributed by atoms with Gasteiger partial charge in [0.1, 0.15) is 5.75 Å².